The second kappa shape index (κ2) is 4.03. The molecule has 0 amide bonds. The summed E-state index contributed by atoms with van der Waals surface area (Å²) in [6.07, 6.45) is 1.70. The van der Waals surface area contributed by atoms with Crippen molar-refractivity contribution in [1.29, 1.82) is 0 Å². The summed E-state index contributed by atoms with van der Waals surface area (Å²) in [4.78, 5) is 12.2. The first-order chi connectivity index (χ1) is 7.50. The van der Waals surface area contributed by atoms with Crippen LogP contribution >= 0.6 is 27.3 Å². The molecule has 2 aromatic rings. The Bertz CT molecular complexity index is 540. The fraction of sp³-hybridized carbons (Fsp3) is 0.200. The topological polar surface area (TPSA) is 55.1 Å². The number of halogens is 1. The zero-order valence-electron chi connectivity index (χ0n) is 8.69. The van der Waals surface area contributed by atoms with E-state index in [0.29, 0.717) is 4.88 Å². The highest BCUT2D eigenvalue weighted by Crippen LogP contribution is 2.34. The van der Waals surface area contributed by atoms with Crippen LogP contribution in [0.5, 0.6) is 0 Å². The minimum atomic E-state index is -0.891. The van der Waals surface area contributed by atoms with Gasteiger partial charge in [0.05, 0.1) is 16.4 Å². The van der Waals surface area contributed by atoms with E-state index in [0.717, 1.165) is 20.6 Å². The van der Waals surface area contributed by atoms with Gasteiger partial charge in [0.15, 0.2) is 0 Å². The van der Waals surface area contributed by atoms with E-state index in [1.807, 2.05) is 14.0 Å². The van der Waals surface area contributed by atoms with Crippen LogP contribution in [0.1, 0.15) is 14.5 Å². The maximum atomic E-state index is 10.9. The van der Waals surface area contributed by atoms with Gasteiger partial charge in [-0.1, -0.05) is 0 Å². The highest BCUT2D eigenvalue weighted by atomic mass is 79.9. The molecule has 0 fully saturated rings. The molecule has 2 aromatic heterocycles. The number of nitrogens with zero attached hydrogens (tertiary/aromatic N) is 2. The van der Waals surface area contributed by atoms with Crippen LogP contribution in [0, 0.1) is 6.92 Å². The predicted octanol–water partition coefficient (Wildman–Crippen LogP) is 2.92. The first-order valence-electron chi connectivity index (χ1n) is 4.52. The van der Waals surface area contributed by atoms with Crippen molar-refractivity contribution >= 4 is 33.2 Å². The zero-order chi connectivity index (χ0) is 11.9. The van der Waals surface area contributed by atoms with Crippen LogP contribution in [-0.2, 0) is 7.05 Å². The first-order valence-corrected chi connectivity index (χ1v) is 6.13. The summed E-state index contributed by atoms with van der Waals surface area (Å²) in [5.41, 5.74) is 1.82. The molecule has 2 rings (SSSR count). The summed E-state index contributed by atoms with van der Waals surface area (Å²) in [7, 11) is 1.83. The summed E-state index contributed by atoms with van der Waals surface area (Å²) in [6, 6.07) is 1.68. The van der Waals surface area contributed by atoms with E-state index in [1.54, 1.807) is 16.9 Å². The van der Waals surface area contributed by atoms with Crippen molar-refractivity contribution in [3.8, 4) is 11.3 Å². The van der Waals surface area contributed by atoms with Crippen molar-refractivity contribution in [3.63, 3.8) is 0 Å². The molecule has 16 heavy (non-hydrogen) atoms. The number of hydrogen-bond acceptors (Lipinski definition) is 3. The molecule has 1 N–H and O–H groups in total. The van der Waals surface area contributed by atoms with E-state index in [4.69, 9.17) is 5.11 Å². The number of aromatic nitrogens is 2. The number of hydrogen-bond donors (Lipinski definition) is 1. The molecule has 6 heteroatoms. The van der Waals surface area contributed by atoms with Crippen LogP contribution < -0.4 is 0 Å². The SMILES string of the molecule is Cc1sc(C(=O)O)cc1-c1c(Br)cnn1C. The molecular weight excluding hydrogens is 292 g/mol. The van der Waals surface area contributed by atoms with Crippen LogP contribution in [-0.4, -0.2) is 20.9 Å². The number of aromatic carboxylic acids is 1. The minimum absolute atomic E-state index is 0.348. The van der Waals surface area contributed by atoms with Gasteiger partial charge < -0.3 is 5.11 Å². The summed E-state index contributed by atoms with van der Waals surface area (Å²) < 4.78 is 2.60. The molecule has 0 radical (unpaired) electrons. The Kier molecular flexibility index (Phi) is 2.86. The Balaban J connectivity index is 2.61. The van der Waals surface area contributed by atoms with Crippen LogP contribution in [0.3, 0.4) is 0 Å². The second-order valence-electron chi connectivity index (χ2n) is 3.35. The maximum absolute atomic E-state index is 10.9. The molecule has 4 nitrogen and oxygen atoms in total. The Hall–Kier alpha value is -1.14. The Morgan fingerprint density at radius 2 is 2.31 bits per heavy atom. The van der Waals surface area contributed by atoms with Crippen LogP contribution in [0.25, 0.3) is 11.3 Å². The van der Waals surface area contributed by atoms with Gasteiger partial charge >= 0.3 is 5.97 Å². The summed E-state index contributed by atoms with van der Waals surface area (Å²) in [5, 5.41) is 13.0. The normalized spacial score (nSPS) is 10.7. The van der Waals surface area contributed by atoms with E-state index in [9.17, 15) is 4.79 Å². The van der Waals surface area contributed by atoms with Crippen molar-refractivity contribution in [2.24, 2.45) is 7.05 Å². The third kappa shape index (κ3) is 1.78. The smallest absolute Gasteiger partial charge is 0.345 e. The van der Waals surface area contributed by atoms with Crippen LogP contribution in [0.2, 0.25) is 0 Å². The van der Waals surface area contributed by atoms with Gasteiger partial charge in [0, 0.05) is 17.5 Å². The Labute approximate surface area is 105 Å². The molecular formula is C10H9BrN2O2S. The fourth-order valence-electron chi connectivity index (χ4n) is 1.54. The van der Waals surface area contributed by atoms with E-state index in [-0.39, 0.29) is 0 Å². The molecule has 0 saturated heterocycles. The van der Waals surface area contributed by atoms with Crippen molar-refractivity contribution < 1.29 is 9.90 Å². The largest absolute Gasteiger partial charge is 0.477 e. The molecule has 0 saturated carbocycles. The van der Waals surface area contributed by atoms with E-state index >= 15 is 0 Å². The monoisotopic (exact) mass is 300 g/mol. The summed E-state index contributed by atoms with van der Waals surface area (Å²) in [6.45, 7) is 1.91. The fourth-order valence-corrected chi connectivity index (χ4v) is 2.96. The first kappa shape index (κ1) is 11.3. The third-order valence-corrected chi connectivity index (χ3v) is 3.90. The van der Waals surface area contributed by atoms with Gasteiger partial charge in [-0.15, -0.1) is 11.3 Å². The van der Waals surface area contributed by atoms with E-state index < -0.39 is 5.97 Å². The van der Waals surface area contributed by atoms with Gasteiger partial charge in [-0.3, -0.25) is 4.68 Å². The maximum Gasteiger partial charge on any atom is 0.345 e. The average Bonchev–Trinajstić information content (AvgIpc) is 2.71. The van der Waals surface area contributed by atoms with E-state index in [2.05, 4.69) is 21.0 Å². The molecule has 0 aliphatic heterocycles. The molecule has 0 aromatic carbocycles. The summed E-state index contributed by atoms with van der Waals surface area (Å²) in [5.74, 6) is -0.891. The molecule has 0 unspecified atom stereocenters. The standard InChI is InChI=1S/C10H9BrN2O2S/c1-5-6(3-8(16-5)10(14)15)9-7(11)4-12-13(9)2/h3-4H,1-2H3,(H,14,15). The lowest BCUT2D eigenvalue weighted by atomic mass is 10.2. The number of aryl methyl sites for hydroxylation is 2. The van der Waals surface area contributed by atoms with Gasteiger partial charge in [0.25, 0.3) is 0 Å². The molecule has 0 aliphatic carbocycles. The summed E-state index contributed by atoms with van der Waals surface area (Å²) >= 11 is 4.68. The molecule has 0 aliphatic rings. The lowest BCUT2D eigenvalue weighted by molar-refractivity contribution is 0.0702. The van der Waals surface area contributed by atoms with Gasteiger partial charge in [0.2, 0.25) is 0 Å². The lowest BCUT2D eigenvalue weighted by Crippen LogP contribution is -1.94. The van der Waals surface area contributed by atoms with Crippen LogP contribution in [0.15, 0.2) is 16.7 Å². The molecule has 0 atom stereocenters. The van der Waals surface area contributed by atoms with Gasteiger partial charge in [-0.2, -0.15) is 5.10 Å². The second-order valence-corrected chi connectivity index (χ2v) is 5.46. The average molecular weight is 301 g/mol. The number of carbonyl (C=O) groups is 1. The quantitative estimate of drug-likeness (QED) is 0.928. The predicted molar refractivity (Wildman–Crippen MR) is 65.9 cm³/mol. The highest BCUT2D eigenvalue weighted by Gasteiger charge is 2.17. The van der Waals surface area contributed by atoms with Crippen LogP contribution in [0.4, 0.5) is 0 Å². The third-order valence-electron chi connectivity index (χ3n) is 2.28. The lowest BCUT2D eigenvalue weighted by Gasteiger charge is -2.01. The number of rotatable bonds is 2. The molecule has 0 spiro atoms. The molecule has 84 valence electrons. The number of carboxylic acid groups (broad SMARTS) is 1. The highest BCUT2D eigenvalue weighted by molar-refractivity contribution is 9.10. The van der Waals surface area contributed by atoms with Crippen molar-refractivity contribution in [2.75, 3.05) is 0 Å². The van der Waals surface area contributed by atoms with Gasteiger partial charge in [0.1, 0.15) is 4.88 Å². The Morgan fingerprint density at radius 1 is 1.62 bits per heavy atom. The van der Waals surface area contributed by atoms with E-state index in [1.165, 1.54) is 11.3 Å². The Morgan fingerprint density at radius 3 is 2.75 bits per heavy atom. The minimum Gasteiger partial charge on any atom is -0.477 e. The molecule has 0 bridgehead atoms. The number of carboxylic acids is 1. The zero-order valence-corrected chi connectivity index (χ0v) is 11.1. The van der Waals surface area contributed by atoms with Crippen molar-refractivity contribution in [3.05, 3.63) is 26.5 Å². The van der Waals surface area contributed by atoms with Gasteiger partial charge in [-0.05, 0) is 28.9 Å². The van der Waals surface area contributed by atoms with Crippen molar-refractivity contribution in [2.45, 2.75) is 6.92 Å². The number of thiophene rings is 1. The molecule has 2 heterocycles. The van der Waals surface area contributed by atoms with Gasteiger partial charge in [-0.25, -0.2) is 4.79 Å². The van der Waals surface area contributed by atoms with Crippen molar-refractivity contribution in [1.82, 2.24) is 9.78 Å².